The van der Waals surface area contributed by atoms with Gasteiger partial charge in [0, 0.05) is 25.0 Å². The molecule has 5 heteroatoms. The van der Waals surface area contributed by atoms with E-state index in [1.54, 1.807) is 0 Å². The molecule has 2 aromatic carbocycles. The summed E-state index contributed by atoms with van der Waals surface area (Å²) < 4.78 is 12.1. The van der Waals surface area contributed by atoms with Crippen LogP contribution in [-0.2, 0) is 17.1 Å². The molecule has 2 aromatic heterocycles. The molecule has 6 rings (SSSR count). The maximum Gasteiger partial charge on any atom is 0.133 e. The third kappa shape index (κ3) is 8.06. The topological polar surface area (TPSA) is 26.3 Å². The summed E-state index contributed by atoms with van der Waals surface area (Å²) in [5, 5.41) is 3.03. The maximum absolute atomic E-state index is 6.03. The summed E-state index contributed by atoms with van der Waals surface area (Å²) in [4.78, 5) is 0. The van der Waals surface area contributed by atoms with Gasteiger partial charge in [-0.05, 0) is 101 Å². The summed E-state index contributed by atoms with van der Waals surface area (Å²) in [5.41, 5.74) is 8.78. The van der Waals surface area contributed by atoms with E-state index in [1.165, 1.54) is 84.2 Å². The van der Waals surface area contributed by atoms with Crippen LogP contribution in [0.2, 0.25) is 0 Å². The van der Waals surface area contributed by atoms with Crippen molar-refractivity contribution in [2.24, 2.45) is 5.92 Å². The molecule has 2 nitrogen and oxygen atoms in total. The molecule has 2 fully saturated rings. The third-order valence-corrected chi connectivity index (χ3v) is 14.2. The van der Waals surface area contributed by atoms with Crippen LogP contribution in [0.3, 0.4) is 0 Å². The van der Waals surface area contributed by atoms with Gasteiger partial charge in [-0.2, -0.15) is 0 Å². The second kappa shape index (κ2) is 15.2. The van der Waals surface area contributed by atoms with Gasteiger partial charge in [-0.3, -0.25) is 0 Å². The Labute approximate surface area is 261 Å². The average Bonchev–Trinajstić information content (AvgIpc) is 3.74. The minimum Gasteiger partial charge on any atom is -0.464 e. The summed E-state index contributed by atoms with van der Waals surface area (Å²) in [6.07, 6.45) is 14.9. The van der Waals surface area contributed by atoms with Crippen LogP contribution < -0.4 is 21.6 Å². The zero-order chi connectivity index (χ0) is 28.1. The number of rotatable bonds is 7. The largest absolute Gasteiger partial charge is 0.464 e. The van der Waals surface area contributed by atoms with E-state index >= 15 is 0 Å². The van der Waals surface area contributed by atoms with E-state index in [0.29, 0.717) is 17.2 Å². The van der Waals surface area contributed by atoms with Gasteiger partial charge in [-0.1, -0.05) is 104 Å². The standard InChI is InChI=1S/C31H36O2P2.C5H10.Fe/c1-21-15-22(2)18-26(17-21)34(27-19-23(3)16-24(4)20-27)25(5)28-9-6-10-29(28)35(30-11-7-13-32-30)31-12-8-14-33-31;1-2-4-5-3-1;/h7-8,11-20,25,28-29H,6,9-10H2,1-5H3;1-5H2;/t25-,28?,29?;;/m1../s1. The summed E-state index contributed by atoms with van der Waals surface area (Å²) in [6.45, 7) is 11.5. The molecule has 0 saturated heterocycles. The number of furan rings is 2. The Morgan fingerprint density at radius 2 is 1.07 bits per heavy atom. The molecule has 0 bridgehead atoms. The molecular formula is C36H46FeO2P2. The van der Waals surface area contributed by atoms with Crippen LogP contribution >= 0.6 is 15.8 Å². The van der Waals surface area contributed by atoms with E-state index in [-0.39, 0.29) is 17.1 Å². The molecule has 0 radical (unpaired) electrons. The summed E-state index contributed by atoms with van der Waals surface area (Å²) >= 11 is 0. The van der Waals surface area contributed by atoms with Crippen LogP contribution in [0.5, 0.6) is 0 Å². The number of hydrogen-bond donors (Lipinski definition) is 0. The van der Waals surface area contributed by atoms with Gasteiger partial charge in [-0.25, -0.2) is 0 Å². The van der Waals surface area contributed by atoms with Crippen molar-refractivity contribution in [3.8, 4) is 0 Å². The normalized spacial score (nSPS) is 19.2. The molecule has 4 aromatic rings. The van der Waals surface area contributed by atoms with Crippen molar-refractivity contribution in [1.29, 1.82) is 0 Å². The van der Waals surface area contributed by atoms with Crippen molar-refractivity contribution in [3.05, 3.63) is 95.4 Å². The van der Waals surface area contributed by atoms with E-state index in [2.05, 4.69) is 83.1 Å². The van der Waals surface area contributed by atoms with Gasteiger partial charge in [0.1, 0.15) is 11.0 Å². The Morgan fingerprint density at radius 3 is 1.46 bits per heavy atom. The molecule has 2 saturated carbocycles. The van der Waals surface area contributed by atoms with Crippen LogP contribution in [0, 0.1) is 33.6 Å². The fourth-order valence-corrected chi connectivity index (χ4v) is 13.4. The van der Waals surface area contributed by atoms with E-state index in [9.17, 15) is 0 Å². The Balaban J connectivity index is 0.000000584. The van der Waals surface area contributed by atoms with Crippen LogP contribution in [0.25, 0.3) is 0 Å². The minimum atomic E-state index is -0.660. The first-order chi connectivity index (χ1) is 19.4. The quantitative estimate of drug-likeness (QED) is 0.151. The number of hydrogen-bond acceptors (Lipinski definition) is 2. The Bertz CT molecular complexity index is 1210. The molecule has 2 aliphatic rings. The van der Waals surface area contributed by atoms with E-state index in [1.807, 2.05) is 24.7 Å². The number of aryl methyl sites for hydroxylation is 4. The molecule has 2 heterocycles. The SMILES string of the molecule is C1CCCC1.Cc1cc(C)cc(P(c2cc(C)cc(C)c2)[C@H](C)C2CCCC2P(c2ccco2)c2ccco2)c1.[Fe]. The first-order valence-electron chi connectivity index (χ1n) is 15.2. The first kappa shape index (κ1) is 32.3. The third-order valence-electron chi connectivity index (χ3n) is 8.60. The fraction of sp³-hybridized carbons (Fsp3) is 0.444. The fourth-order valence-electron chi connectivity index (χ4n) is 6.98. The smallest absolute Gasteiger partial charge is 0.133 e. The molecule has 0 amide bonds. The Morgan fingerprint density at radius 1 is 0.634 bits per heavy atom. The predicted molar refractivity (Wildman–Crippen MR) is 175 cm³/mol. The molecule has 220 valence electrons. The van der Waals surface area contributed by atoms with Gasteiger partial charge >= 0.3 is 0 Å². The van der Waals surface area contributed by atoms with Gasteiger partial charge < -0.3 is 8.83 Å². The molecular weight excluding hydrogens is 582 g/mol. The van der Waals surface area contributed by atoms with Crippen LogP contribution in [0.15, 0.2) is 82.0 Å². The van der Waals surface area contributed by atoms with E-state index < -0.39 is 15.8 Å². The predicted octanol–water partition coefficient (Wildman–Crippen LogP) is 9.18. The average molecular weight is 629 g/mol. The molecule has 2 aliphatic carbocycles. The summed E-state index contributed by atoms with van der Waals surface area (Å²) in [7, 11) is -1.17. The van der Waals surface area contributed by atoms with Gasteiger partial charge in [-0.15, -0.1) is 0 Å². The van der Waals surface area contributed by atoms with Crippen LogP contribution in [0.4, 0.5) is 0 Å². The van der Waals surface area contributed by atoms with Crippen LogP contribution in [0.1, 0.15) is 80.5 Å². The van der Waals surface area contributed by atoms with Crippen molar-refractivity contribution >= 4 is 37.5 Å². The van der Waals surface area contributed by atoms with Gasteiger partial charge in [0.25, 0.3) is 0 Å². The Kier molecular flexibility index (Phi) is 12.0. The first-order valence-corrected chi connectivity index (χ1v) is 18.0. The Hall–Kier alpha value is -1.62. The van der Waals surface area contributed by atoms with Crippen molar-refractivity contribution in [1.82, 2.24) is 0 Å². The van der Waals surface area contributed by atoms with Crippen LogP contribution in [-0.4, -0.2) is 11.3 Å². The van der Waals surface area contributed by atoms with Crippen molar-refractivity contribution in [2.45, 2.75) is 97.3 Å². The van der Waals surface area contributed by atoms with E-state index in [0.717, 1.165) is 11.0 Å². The molecule has 41 heavy (non-hydrogen) atoms. The van der Waals surface area contributed by atoms with Gasteiger partial charge in [0.15, 0.2) is 0 Å². The molecule has 2 unspecified atom stereocenters. The molecule has 0 spiro atoms. The van der Waals surface area contributed by atoms with Gasteiger partial charge in [0.05, 0.1) is 12.5 Å². The van der Waals surface area contributed by atoms with Gasteiger partial charge in [0.2, 0.25) is 0 Å². The molecule has 0 aliphatic heterocycles. The zero-order valence-corrected chi connectivity index (χ0v) is 28.3. The molecule has 0 N–H and O–H groups in total. The summed E-state index contributed by atoms with van der Waals surface area (Å²) in [5.74, 6) is 0.629. The second-order valence-electron chi connectivity index (χ2n) is 12.0. The minimum absolute atomic E-state index is 0. The maximum atomic E-state index is 6.03. The monoisotopic (exact) mass is 628 g/mol. The number of benzene rings is 2. The molecule has 3 atom stereocenters. The van der Waals surface area contributed by atoms with Crippen molar-refractivity contribution < 1.29 is 25.9 Å². The van der Waals surface area contributed by atoms with Crippen molar-refractivity contribution in [2.75, 3.05) is 0 Å². The zero-order valence-electron chi connectivity index (χ0n) is 25.4. The van der Waals surface area contributed by atoms with Crippen molar-refractivity contribution in [3.63, 3.8) is 0 Å². The second-order valence-corrected chi connectivity index (χ2v) is 16.9. The summed E-state index contributed by atoms with van der Waals surface area (Å²) in [6, 6.07) is 22.7. The van der Waals surface area contributed by atoms with E-state index in [4.69, 9.17) is 8.83 Å².